The third-order valence-electron chi connectivity index (χ3n) is 2.71. The van der Waals surface area contributed by atoms with Crippen LogP contribution in [0.1, 0.15) is 29.6 Å². The molecule has 0 aliphatic carbocycles. The van der Waals surface area contributed by atoms with Crippen molar-refractivity contribution < 1.29 is 14.7 Å². The Bertz CT molecular complexity index is 497. The number of unbranched alkanes of at least 4 members (excludes halogenated alkanes) is 2. The van der Waals surface area contributed by atoms with Crippen molar-refractivity contribution in [2.75, 3.05) is 23.9 Å². The van der Waals surface area contributed by atoms with Gasteiger partial charge < -0.3 is 15.7 Å². The van der Waals surface area contributed by atoms with Crippen LogP contribution in [0.15, 0.2) is 22.7 Å². The molecule has 0 spiro atoms. The van der Waals surface area contributed by atoms with Crippen LogP contribution >= 0.6 is 27.7 Å². The normalized spacial score (nSPS) is 10.2. The Labute approximate surface area is 137 Å². The molecule has 0 aromatic heterocycles. The highest BCUT2D eigenvalue weighted by Gasteiger charge is 2.08. The third-order valence-corrected chi connectivity index (χ3v) is 3.87. The van der Waals surface area contributed by atoms with Gasteiger partial charge in [0.15, 0.2) is 0 Å². The van der Waals surface area contributed by atoms with Crippen molar-refractivity contribution in [3.63, 3.8) is 0 Å². The number of thioether (sulfide) groups is 1. The number of benzene rings is 1. The maximum Gasteiger partial charge on any atom is 0.335 e. The molecule has 21 heavy (non-hydrogen) atoms. The zero-order valence-corrected chi connectivity index (χ0v) is 14.2. The summed E-state index contributed by atoms with van der Waals surface area (Å²) in [6, 6.07) is 4.24. The molecule has 0 radical (unpaired) electrons. The summed E-state index contributed by atoms with van der Waals surface area (Å²) < 4.78 is 0.606. The van der Waals surface area contributed by atoms with E-state index in [0.717, 1.165) is 25.0 Å². The maximum absolute atomic E-state index is 11.7. The van der Waals surface area contributed by atoms with Gasteiger partial charge in [-0.15, -0.1) is 0 Å². The Hall–Kier alpha value is -1.21. The lowest BCUT2D eigenvalue weighted by Crippen LogP contribution is -2.29. The van der Waals surface area contributed by atoms with Crippen molar-refractivity contribution in [2.45, 2.75) is 19.3 Å². The van der Waals surface area contributed by atoms with Crippen molar-refractivity contribution in [1.29, 1.82) is 0 Å². The van der Waals surface area contributed by atoms with Crippen LogP contribution in [0, 0.1) is 0 Å². The molecule has 0 atom stereocenters. The summed E-state index contributed by atoms with van der Waals surface area (Å²) >= 11 is 5.04. The van der Waals surface area contributed by atoms with Gasteiger partial charge in [0.2, 0.25) is 0 Å². The number of amides is 2. The topological polar surface area (TPSA) is 78.4 Å². The average Bonchev–Trinajstić information content (AvgIpc) is 2.42. The summed E-state index contributed by atoms with van der Waals surface area (Å²) in [6.45, 7) is 0.611. The predicted molar refractivity (Wildman–Crippen MR) is 90.4 cm³/mol. The van der Waals surface area contributed by atoms with Crippen molar-refractivity contribution in [1.82, 2.24) is 5.32 Å². The Kier molecular flexibility index (Phi) is 8.22. The highest BCUT2D eigenvalue weighted by Crippen LogP contribution is 2.19. The van der Waals surface area contributed by atoms with E-state index in [1.165, 1.54) is 12.1 Å². The zero-order valence-electron chi connectivity index (χ0n) is 11.8. The van der Waals surface area contributed by atoms with Crippen molar-refractivity contribution in [3.8, 4) is 0 Å². The third kappa shape index (κ3) is 7.38. The number of halogens is 1. The fraction of sp³-hybridized carbons (Fsp3) is 0.429. The van der Waals surface area contributed by atoms with Crippen molar-refractivity contribution in [3.05, 3.63) is 28.2 Å². The van der Waals surface area contributed by atoms with Gasteiger partial charge in [0.25, 0.3) is 0 Å². The minimum Gasteiger partial charge on any atom is -0.478 e. The van der Waals surface area contributed by atoms with Gasteiger partial charge in [0.05, 0.1) is 5.56 Å². The second-order valence-corrected chi connectivity index (χ2v) is 6.37. The van der Waals surface area contributed by atoms with E-state index in [0.29, 0.717) is 16.7 Å². The molecule has 116 valence electrons. The van der Waals surface area contributed by atoms with E-state index in [2.05, 4.69) is 32.8 Å². The molecule has 0 unspecified atom stereocenters. The van der Waals surface area contributed by atoms with E-state index >= 15 is 0 Å². The number of urea groups is 1. The van der Waals surface area contributed by atoms with Crippen LogP contribution in [0.4, 0.5) is 10.5 Å². The number of aromatic carboxylic acids is 1. The molecule has 0 aliphatic heterocycles. The van der Waals surface area contributed by atoms with E-state index in [1.807, 2.05) is 11.8 Å². The number of carbonyl (C=O) groups excluding carboxylic acids is 1. The first-order valence-electron chi connectivity index (χ1n) is 6.60. The van der Waals surface area contributed by atoms with Crippen molar-refractivity contribution in [2.24, 2.45) is 0 Å². The van der Waals surface area contributed by atoms with Gasteiger partial charge in [-0.25, -0.2) is 9.59 Å². The van der Waals surface area contributed by atoms with Gasteiger partial charge in [-0.1, -0.05) is 22.4 Å². The summed E-state index contributed by atoms with van der Waals surface area (Å²) in [7, 11) is 0. The Morgan fingerprint density at radius 3 is 2.67 bits per heavy atom. The number of rotatable bonds is 8. The zero-order chi connectivity index (χ0) is 15.7. The second kappa shape index (κ2) is 9.68. The molecule has 0 aliphatic rings. The summed E-state index contributed by atoms with van der Waals surface area (Å²) in [5.41, 5.74) is 0.568. The van der Waals surface area contributed by atoms with Crippen LogP contribution in [0.25, 0.3) is 0 Å². The molecule has 1 aromatic rings. The first-order chi connectivity index (χ1) is 10.0. The number of carboxylic acid groups (broad SMARTS) is 1. The maximum atomic E-state index is 11.7. The summed E-state index contributed by atoms with van der Waals surface area (Å²) in [5.74, 6) is 0.107. The lowest BCUT2D eigenvalue weighted by atomic mass is 10.2. The standard InChI is InChI=1S/C14H19BrN2O3S/c1-21-6-4-2-3-5-16-14(20)17-12-8-10(13(18)19)7-11(15)9-12/h7-9H,2-6H2,1H3,(H,18,19)(H2,16,17,20). The SMILES string of the molecule is CSCCCCCNC(=O)Nc1cc(Br)cc(C(=O)O)c1. The molecule has 0 fully saturated rings. The molecule has 0 saturated heterocycles. The number of nitrogens with one attached hydrogen (secondary N) is 2. The largest absolute Gasteiger partial charge is 0.478 e. The monoisotopic (exact) mass is 374 g/mol. The Balaban J connectivity index is 2.39. The fourth-order valence-electron chi connectivity index (χ4n) is 1.71. The van der Waals surface area contributed by atoms with Crippen LogP contribution in [-0.4, -0.2) is 35.7 Å². The van der Waals surface area contributed by atoms with Gasteiger partial charge in [0.1, 0.15) is 0 Å². The van der Waals surface area contributed by atoms with E-state index < -0.39 is 5.97 Å². The smallest absolute Gasteiger partial charge is 0.335 e. The number of hydrogen-bond acceptors (Lipinski definition) is 3. The highest BCUT2D eigenvalue weighted by atomic mass is 79.9. The van der Waals surface area contributed by atoms with Crippen LogP contribution in [0.2, 0.25) is 0 Å². The first kappa shape index (κ1) is 17.8. The molecule has 7 heteroatoms. The predicted octanol–water partition coefficient (Wildman–Crippen LogP) is 3.80. The van der Waals surface area contributed by atoms with Crippen LogP contribution in [-0.2, 0) is 0 Å². The Morgan fingerprint density at radius 1 is 1.24 bits per heavy atom. The molecule has 1 aromatic carbocycles. The lowest BCUT2D eigenvalue weighted by molar-refractivity contribution is 0.0697. The molecule has 0 heterocycles. The number of hydrogen-bond donors (Lipinski definition) is 3. The van der Waals surface area contributed by atoms with Gasteiger partial charge in [0, 0.05) is 16.7 Å². The summed E-state index contributed by atoms with van der Waals surface area (Å²) in [5, 5.41) is 14.4. The summed E-state index contributed by atoms with van der Waals surface area (Å²) in [4.78, 5) is 22.6. The van der Waals surface area contributed by atoms with Gasteiger partial charge in [-0.3, -0.25) is 0 Å². The van der Waals surface area contributed by atoms with Gasteiger partial charge in [-0.2, -0.15) is 11.8 Å². The molecule has 0 saturated carbocycles. The van der Waals surface area contributed by atoms with Crippen LogP contribution in [0.3, 0.4) is 0 Å². The molecular formula is C14H19BrN2O3S. The highest BCUT2D eigenvalue weighted by molar-refractivity contribution is 9.10. The molecule has 5 nitrogen and oxygen atoms in total. The molecule has 1 rings (SSSR count). The van der Waals surface area contributed by atoms with Crippen LogP contribution < -0.4 is 10.6 Å². The number of anilines is 1. The number of carboxylic acids is 1. The minimum atomic E-state index is -1.03. The molecule has 2 amide bonds. The first-order valence-corrected chi connectivity index (χ1v) is 8.79. The number of carbonyl (C=O) groups is 2. The van der Waals surface area contributed by atoms with Crippen molar-refractivity contribution >= 4 is 45.4 Å². The average molecular weight is 375 g/mol. The lowest BCUT2D eigenvalue weighted by Gasteiger charge is -2.09. The fourth-order valence-corrected chi connectivity index (χ4v) is 2.70. The second-order valence-electron chi connectivity index (χ2n) is 4.47. The van der Waals surface area contributed by atoms with Crippen LogP contribution in [0.5, 0.6) is 0 Å². The summed E-state index contributed by atoms with van der Waals surface area (Å²) in [6.07, 6.45) is 5.25. The van der Waals surface area contributed by atoms with E-state index in [4.69, 9.17) is 5.11 Å². The van der Waals surface area contributed by atoms with E-state index in [9.17, 15) is 9.59 Å². The van der Waals surface area contributed by atoms with E-state index in [1.54, 1.807) is 6.07 Å². The van der Waals surface area contributed by atoms with Gasteiger partial charge >= 0.3 is 12.0 Å². The molecular weight excluding hydrogens is 356 g/mol. The Morgan fingerprint density at radius 2 is 2.00 bits per heavy atom. The molecule has 3 N–H and O–H groups in total. The van der Waals surface area contributed by atoms with E-state index in [-0.39, 0.29) is 11.6 Å². The quantitative estimate of drug-likeness (QED) is 0.604. The minimum absolute atomic E-state index is 0.122. The molecule has 0 bridgehead atoms. The van der Waals surface area contributed by atoms with Gasteiger partial charge in [-0.05, 0) is 43.0 Å².